The SMILES string of the molecule is CSC(=Nc1c(C(=O)O)cc(F)c(F)c1Br)NC#N. The molecule has 0 atom stereocenters. The number of aliphatic imine (C=N–C) groups is 1. The summed E-state index contributed by atoms with van der Waals surface area (Å²) in [6, 6.07) is 0.533. The molecule has 5 nitrogen and oxygen atoms in total. The van der Waals surface area contributed by atoms with Crippen LogP contribution in [0.4, 0.5) is 14.5 Å². The Bertz CT molecular complexity index is 601. The zero-order valence-corrected chi connectivity index (χ0v) is 11.8. The van der Waals surface area contributed by atoms with Crippen LogP contribution in [0.2, 0.25) is 0 Å². The number of hydrogen-bond acceptors (Lipinski definition) is 4. The number of carboxylic acids is 1. The van der Waals surface area contributed by atoms with E-state index in [1.54, 1.807) is 12.4 Å². The normalized spacial score (nSPS) is 11.0. The van der Waals surface area contributed by atoms with Gasteiger partial charge in [-0.05, 0) is 28.3 Å². The number of nitriles is 1. The molecular weight excluding hydrogens is 344 g/mol. The van der Waals surface area contributed by atoms with Gasteiger partial charge in [0.1, 0.15) is 0 Å². The first-order chi connectivity index (χ1) is 8.92. The van der Waals surface area contributed by atoms with E-state index in [1.807, 2.05) is 0 Å². The fraction of sp³-hybridized carbons (Fsp3) is 0.100. The predicted octanol–water partition coefficient (Wildman–Crippen LogP) is 2.85. The van der Waals surface area contributed by atoms with Crippen molar-refractivity contribution < 1.29 is 18.7 Å². The molecule has 0 aliphatic rings. The fourth-order valence-corrected chi connectivity index (χ4v) is 1.95. The summed E-state index contributed by atoms with van der Waals surface area (Å²) in [5.41, 5.74) is -0.824. The van der Waals surface area contributed by atoms with E-state index in [-0.39, 0.29) is 10.9 Å². The maximum Gasteiger partial charge on any atom is 0.338 e. The molecule has 0 saturated heterocycles. The van der Waals surface area contributed by atoms with E-state index in [2.05, 4.69) is 26.2 Å². The molecule has 1 aromatic carbocycles. The second-order valence-corrected chi connectivity index (χ2v) is 4.63. The molecule has 0 spiro atoms. The zero-order chi connectivity index (χ0) is 14.6. The molecule has 0 unspecified atom stereocenters. The van der Waals surface area contributed by atoms with E-state index in [4.69, 9.17) is 10.4 Å². The van der Waals surface area contributed by atoms with Crippen molar-refractivity contribution in [2.24, 2.45) is 4.99 Å². The van der Waals surface area contributed by atoms with Crippen LogP contribution in [0.5, 0.6) is 0 Å². The number of amidine groups is 1. The number of hydrogen-bond donors (Lipinski definition) is 2. The number of thioether (sulfide) groups is 1. The van der Waals surface area contributed by atoms with Crippen LogP contribution in [0.3, 0.4) is 0 Å². The van der Waals surface area contributed by atoms with Crippen molar-refractivity contribution in [3.05, 3.63) is 27.7 Å². The predicted molar refractivity (Wildman–Crippen MR) is 70.4 cm³/mol. The van der Waals surface area contributed by atoms with Gasteiger partial charge in [-0.1, -0.05) is 11.8 Å². The maximum absolute atomic E-state index is 13.4. The Labute approximate surface area is 119 Å². The second kappa shape index (κ2) is 6.49. The number of carboxylic acid groups (broad SMARTS) is 1. The summed E-state index contributed by atoms with van der Waals surface area (Å²) in [6.45, 7) is 0. The molecule has 0 saturated carbocycles. The molecule has 100 valence electrons. The van der Waals surface area contributed by atoms with Crippen LogP contribution in [-0.2, 0) is 0 Å². The number of carbonyl (C=O) groups is 1. The van der Waals surface area contributed by atoms with Crippen LogP contribution in [0.15, 0.2) is 15.5 Å². The van der Waals surface area contributed by atoms with E-state index in [0.29, 0.717) is 6.07 Å². The average Bonchev–Trinajstić information content (AvgIpc) is 2.37. The van der Waals surface area contributed by atoms with Crippen molar-refractivity contribution in [2.75, 3.05) is 6.26 Å². The number of nitrogens with one attached hydrogen (secondary N) is 1. The lowest BCUT2D eigenvalue weighted by Crippen LogP contribution is -2.13. The molecule has 1 rings (SSSR count). The minimum Gasteiger partial charge on any atom is -0.478 e. The Balaban J connectivity index is 3.53. The lowest BCUT2D eigenvalue weighted by atomic mass is 10.1. The number of benzene rings is 1. The van der Waals surface area contributed by atoms with Gasteiger partial charge in [0.05, 0.1) is 15.7 Å². The third kappa shape index (κ3) is 3.42. The molecule has 0 amide bonds. The quantitative estimate of drug-likeness (QED) is 0.282. The van der Waals surface area contributed by atoms with Gasteiger partial charge >= 0.3 is 5.97 Å². The third-order valence-electron chi connectivity index (χ3n) is 1.94. The van der Waals surface area contributed by atoms with Gasteiger partial charge < -0.3 is 5.11 Å². The van der Waals surface area contributed by atoms with Crippen molar-refractivity contribution in [3.8, 4) is 6.19 Å². The number of aromatic carboxylic acids is 1. The molecule has 0 aromatic heterocycles. The van der Waals surface area contributed by atoms with E-state index < -0.39 is 27.6 Å². The van der Waals surface area contributed by atoms with Crippen LogP contribution in [-0.4, -0.2) is 22.5 Å². The lowest BCUT2D eigenvalue weighted by molar-refractivity contribution is 0.0697. The summed E-state index contributed by atoms with van der Waals surface area (Å²) in [4.78, 5) is 14.8. The van der Waals surface area contributed by atoms with E-state index in [1.165, 1.54) is 0 Å². The number of rotatable bonds is 2. The molecule has 1 aromatic rings. The topological polar surface area (TPSA) is 85.5 Å². The molecule has 9 heteroatoms. The van der Waals surface area contributed by atoms with Crippen molar-refractivity contribution in [1.82, 2.24) is 5.32 Å². The smallest absolute Gasteiger partial charge is 0.338 e. The summed E-state index contributed by atoms with van der Waals surface area (Å²) in [5.74, 6) is -4.01. The van der Waals surface area contributed by atoms with E-state index in [9.17, 15) is 13.6 Å². The molecule has 0 fully saturated rings. The van der Waals surface area contributed by atoms with Gasteiger partial charge in [-0.15, -0.1) is 0 Å². The zero-order valence-electron chi connectivity index (χ0n) is 9.37. The first kappa shape index (κ1) is 15.4. The van der Waals surface area contributed by atoms with Gasteiger partial charge in [-0.2, -0.15) is 5.26 Å². The van der Waals surface area contributed by atoms with Crippen LogP contribution < -0.4 is 5.32 Å². The Hall–Kier alpha value is -1.66. The van der Waals surface area contributed by atoms with E-state index in [0.717, 1.165) is 11.8 Å². The monoisotopic (exact) mass is 349 g/mol. The van der Waals surface area contributed by atoms with Crippen LogP contribution >= 0.6 is 27.7 Å². The molecule has 19 heavy (non-hydrogen) atoms. The minimum atomic E-state index is -1.46. The highest BCUT2D eigenvalue weighted by molar-refractivity contribution is 9.10. The third-order valence-corrected chi connectivity index (χ3v) is 3.24. The molecule has 0 radical (unpaired) electrons. The minimum absolute atomic E-state index is 0.0525. The Morgan fingerprint density at radius 1 is 1.63 bits per heavy atom. The molecule has 0 aliphatic heterocycles. The molecule has 0 heterocycles. The standard InChI is InChI=1S/C10H6BrF2N3O2S/c1-19-10(15-3-14)16-8-4(9(17)18)2-5(12)7(13)6(8)11/h2H,1H3,(H,15,16)(H,17,18). The van der Waals surface area contributed by atoms with Crippen molar-refractivity contribution in [1.29, 1.82) is 5.26 Å². The Morgan fingerprint density at radius 2 is 2.26 bits per heavy atom. The summed E-state index contributed by atoms with van der Waals surface area (Å²) < 4.78 is 26.1. The van der Waals surface area contributed by atoms with Gasteiger partial charge in [-0.25, -0.2) is 18.6 Å². The van der Waals surface area contributed by atoms with Crippen molar-refractivity contribution >= 4 is 44.5 Å². The lowest BCUT2D eigenvalue weighted by Gasteiger charge is -2.07. The van der Waals surface area contributed by atoms with Gasteiger partial charge in [0.25, 0.3) is 0 Å². The van der Waals surface area contributed by atoms with E-state index >= 15 is 0 Å². The Kier molecular flexibility index (Phi) is 5.26. The van der Waals surface area contributed by atoms with Crippen LogP contribution in [0, 0.1) is 23.1 Å². The van der Waals surface area contributed by atoms with Crippen molar-refractivity contribution in [2.45, 2.75) is 0 Å². The molecule has 0 aliphatic carbocycles. The fourth-order valence-electron chi connectivity index (χ4n) is 1.13. The highest BCUT2D eigenvalue weighted by Gasteiger charge is 2.21. The second-order valence-electron chi connectivity index (χ2n) is 3.05. The highest BCUT2D eigenvalue weighted by atomic mass is 79.9. The summed E-state index contributed by atoms with van der Waals surface area (Å²) in [7, 11) is 0. The summed E-state index contributed by atoms with van der Waals surface area (Å²) in [6.07, 6.45) is 3.18. The molecular formula is C10H6BrF2N3O2S. The molecule has 0 bridgehead atoms. The first-order valence-electron chi connectivity index (χ1n) is 4.61. The Morgan fingerprint density at radius 3 is 2.74 bits per heavy atom. The maximum atomic E-state index is 13.4. The largest absolute Gasteiger partial charge is 0.478 e. The summed E-state index contributed by atoms with van der Waals surface area (Å²) >= 11 is 3.77. The van der Waals surface area contributed by atoms with Gasteiger partial charge in [0, 0.05) is 0 Å². The van der Waals surface area contributed by atoms with Gasteiger partial charge in [0.2, 0.25) is 0 Å². The number of halogens is 3. The average molecular weight is 350 g/mol. The molecule has 2 N–H and O–H groups in total. The van der Waals surface area contributed by atoms with Crippen molar-refractivity contribution in [3.63, 3.8) is 0 Å². The van der Waals surface area contributed by atoms with Crippen LogP contribution in [0.25, 0.3) is 0 Å². The van der Waals surface area contributed by atoms with Gasteiger partial charge in [-0.3, -0.25) is 5.32 Å². The first-order valence-corrected chi connectivity index (χ1v) is 6.62. The van der Waals surface area contributed by atoms with Gasteiger partial charge in [0.15, 0.2) is 23.0 Å². The highest BCUT2D eigenvalue weighted by Crippen LogP contribution is 2.34. The van der Waals surface area contributed by atoms with Crippen LogP contribution in [0.1, 0.15) is 10.4 Å². The number of nitrogens with zero attached hydrogens (tertiary/aromatic N) is 2. The summed E-state index contributed by atoms with van der Waals surface area (Å²) in [5, 5.41) is 19.7.